The number of oxazole rings is 1. The molecular weight excluding hydrogens is 731 g/mol. The minimum Gasteiger partial charge on any atom is -0.453 e. The Labute approximate surface area is 330 Å². The second-order valence-corrected chi connectivity index (χ2v) is 15.2. The molecular formula is C41H49N9O7. The second-order valence-electron chi connectivity index (χ2n) is 15.2. The van der Waals surface area contributed by atoms with Crippen LogP contribution < -0.4 is 10.6 Å². The summed E-state index contributed by atoms with van der Waals surface area (Å²) < 4.78 is 15.5. The molecule has 4 unspecified atom stereocenters. The van der Waals surface area contributed by atoms with Gasteiger partial charge in [0.25, 0.3) is 0 Å². The van der Waals surface area contributed by atoms with E-state index in [4.69, 9.17) is 18.9 Å². The van der Waals surface area contributed by atoms with Gasteiger partial charge in [-0.15, -0.1) is 0 Å². The van der Waals surface area contributed by atoms with Crippen LogP contribution in [0.15, 0.2) is 59.6 Å². The summed E-state index contributed by atoms with van der Waals surface area (Å²) in [4.78, 5) is 75.6. The number of methoxy groups -OCH3 is 2. The molecule has 5 aromatic rings. The number of ether oxygens (including phenoxy) is 2. The lowest BCUT2D eigenvalue weighted by Crippen LogP contribution is -2.51. The van der Waals surface area contributed by atoms with E-state index < -0.39 is 24.3 Å². The zero-order valence-electron chi connectivity index (χ0n) is 33.0. The average Bonchev–Trinajstić information content (AvgIpc) is 4.07. The van der Waals surface area contributed by atoms with Gasteiger partial charge in [0, 0.05) is 24.2 Å². The number of fused-ring (bicyclic) bond motifs is 1. The second kappa shape index (κ2) is 16.5. The highest BCUT2D eigenvalue weighted by Crippen LogP contribution is 2.38. The summed E-state index contributed by atoms with van der Waals surface area (Å²) in [7, 11) is 2.56. The Hall–Kier alpha value is -6.19. The number of benzene rings is 2. The number of imidazole rings is 2. The summed E-state index contributed by atoms with van der Waals surface area (Å²) in [5.74, 6) is 0.785. The van der Waals surface area contributed by atoms with Gasteiger partial charge in [-0.2, -0.15) is 0 Å². The molecule has 3 aromatic heterocycles. The SMILES string of the molecule is COC(=O)NC(C(=O)N1CCCC1c1ncc(-c2ccc(-c3ccc(-c4cnc(C5CCCN5C(=O)C(NC(=O)OC)C(C)C)[nH]4)c4ncoc34)cc2)[nH]1)C(C)C. The topological polar surface area (TPSA) is 201 Å². The first-order chi connectivity index (χ1) is 27.5. The molecule has 5 heterocycles. The molecule has 0 bridgehead atoms. The van der Waals surface area contributed by atoms with Gasteiger partial charge in [0.15, 0.2) is 12.0 Å². The normalized spacial score (nSPS) is 18.0. The number of alkyl carbamates (subject to hydrolysis) is 2. The highest BCUT2D eigenvalue weighted by Gasteiger charge is 2.39. The predicted molar refractivity (Wildman–Crippen MR) is 210 cm³/mol. The van der Waals surface area contributed by atoms with Crippen LogP contribution in [0.2, 0.25) is 0 Å². The number of carbonyl (C=O) groups excluding carboxylic acids is 4. The standard InChI is InChI=1S/C41H49N9O7/c1-22(2)32(47-40(53)55-5)38(51)49-17-7-9-30(49)36-42-19-28(45-36)25-13-11-24(12-14-25)26-15-16-27(34-35(26)57-21-44-34)29-20-43-37(46-29)31-10-8-18-50(31)39(52)33(23(3)4)48-41(54)56-6/h11-16,19-23,30-33H,7-10,17-18H2,1-6H3,(H,42,45)(H,43,46)(H,47,53)(H,48,54). The Kier molecular flexibility index (Phi) is 11.3. The number of carbonyl (C=O) groups is 4. The molecule has 2 fully saturated rings. The molecule has 0 aliphatic carbocycles. The van der Waals surface area contributed by atoms with E-state index in [0.29, 0.717) is 35.8 Å². The van der Waals surface area contributed by atoms with Crippen molar-refractivity contribution in [3.8, 4) is 33.6 Å². The average molecular weight is 780 g/mol. The van der Waals surface area contributed by atoms with Crippen molar-refractivity contribution in [2.24, 2.45) is 11.8 Å². The predicted octanol–water partition coefficient (Wildman–Crippen LogP) is 6.36. The van der Waals surface area contributed by atoms with E-state index >= 15 is 0 Å². The molecule has 16 heteroatoms. The van der Waals surface area contributed by atoms with Gasteiger partial charge in [-0.25, -0.2) is 24.5 Å². The number of aromatic amines is 2. The third-order valence-electron chi connectivity index (χ3n) is 11.0. The number of H-pyrrole nitrogens is 2. The van der Waals surface area contributed by atoms with Crippen molar-refractivity contribution in [3.05, 3.63) is 66.8 Å². The lowest BCUT2D eigenvalue weighted by molar-refractivity contribution is -0.136. The molecule has 57 heavy (non-hydrogen) atoms. The number of rotatable bonds is 11. The molecule has 2 saturated heterocycles. The minimum atomic E-state index is -0.720. The maximum Gasteiger partial charge on any atom is 0.407 e. The number of nitrogens with one attached hydrogen (secondary N) is 4. The van der Waals surface area contributed by atoms with Crippen LogP contribution >= 0.6 is 0 Å². The molecule has 2 aromatic carbocycles. The van der Waals surface area contributed by atoms with Crippen molar-refractivity contribution < 1.29 is 33.1 Å². The number of nitrogens with zero attached hydrogens (tertiary/aromatic N) is 5. The Morgan fingerprint density at radius 2 is 1.19 bits per heavy atom. The van der Waals surface area contributed by atoms with Crippen LogP contribution in [0.25, 0.3) is 44.7 Å². The monoisotopic (exact) mass is 779 g/mol. The number of likely N-dealkylation sites (tertiary alicyclic amines) is 2. The Morgan fingerprint density at radius 1 is 0.702 bits per heavy atom. The maximum atomic E-state index is 13.6. The number of hydrogen-bond acceptors (Lipinski definition) is 10. The fourth-order valence-electron chi connectivity index (χ4n) is 7.91. The van der Waals surface area contributed by atoms with Gasteiger partial charge < -0.3 is 44.3 Å². The van der Waals surface area contributed by atoms with Gasteiger partial charge in [-0.3, -0.25) is 9.59 Å². The quantitative estimate of drug-likeness (QED) is 0.117. The lowest BCUT2D eigenvalue weighted by atomic mass is 9.99. The zero-order chi connectivity index (χ0) is 40.4. The maximum absolute atomic E-state index is 13.6. The molecule has 300 valence electrons. The van der Waals surface area contributed by atoms with Crippen LogP contribution in [0.4, 0.5) is 9.59 Å². The molecule has 2 aliphatic rings. The number of amides is 4. The molecule has 2 aliphatic heterocycles. The molecule has 4 N–H and O–H groups in total. The van der Waals surface area contributed by atoms with E-state index in [0.717, 1.165) is 59.3 Å². The zero-order valence-corrected chi connectivity index (χ0v) is 33.0. The summed E-state index contributed by atoms with van der Waals surface area (Å²) >= 11 is 0. The van der Waals surface area contributed by atoms with E-state index in [2.05, 4.69) is 30.6 Å². The summed E-state index contributed by atoms with van der Waals surface area (Å²) in [5, 5.41) is 5.38. The van der Waals surface area contributed by atoms with Crippen LogP contribution in [0.5, 0.6) is 0 Å². The molecule has 7 rings (SSSR count). The van der Waals surface area contributed by atoms with Gasteiger partial charge >= 0.3 is 12.2 Å². The first-order valence-corrected chi connectivity index (χ1v) is 19.4. The van der Waals surface area contributed by atoms with Crippen LogP contribution in [-0.4, -0.2) is 98.1 Å². The Balaban J connectivity index is 1.07. The molecule has 4 atom stereocenters. The van der Waals surface area contributed by atoms with E-state index in [1.807, 2.05) is 64.1 Å². The first-order valence-electron chi connectivity index (χ1n) is 19.4. The van der Waals surface area contributed by atoms with Crippen LogP contribution in [0.3, 0.4) is 0 Å². The van der Waals surface area contributed by atoms with E-state index in [9.17, 15) is 19.2 Å². The van der Waals surface area contributed by atoms with E-state index in [1.165, 1.54) is 20.6 Å². The first kappa shape index (κ1) is 39.1. The number of aromatic nitrogens is 5. The van der Waals surface area contributed by atoms with Crippen LogP contribution in [-0.2, 0) is 19.1 Å². The van der Waals surface area contributed by atoms with Crippen LogP contribution in [0.1, 0.15) is 77.1 Å². The van der Waals surface area contributed by atoms with Crippen molar-refractivity contribution in [1.29, 1.82) is 0 Å². The number of hydrogen-bond donors (Lipinski definition) is 4. The van der Waals surface area contributed by atoms with Gasteiger partial charge in [0.1, 0.15) is 29.2 Å². The van der Waals surface area contributed by atoms with Crippen molar-refractivity contribution >= 4 is 35.1 Å². The smallest absolute Gasteiger partial charge is 0.407 e. The highest BCUT2D eigenvalue weighted by molar-refractivity contribution is 5.99. The van der Waals surface area contributed by atoms with E-state index in [-0.39, 0.29) is 35.7 Å². The van der Waals surface area contributed by atoms with Gasteiger partial charge in [-0.1, -0.05) is 52.0 Å². The third-order valence-corrected chi connectivity index (χ3v) is 11.0. The van der Waals surface area contributed by atoms with Gasteiger partial charge in [0.2, 0.25) is 11.8 Å². The fraction of sp³-hybridized carbons (Fsp3) is 0.439. The van der Waals surface area contributed by atoms with Gasteiger partial charge in [-0.05, 0) is 60.8 Å². The molecule has 0 spiro atoms. The molecule has 16 nitrogen and oxygen atoms in total. The molecule has 4 amide bonds. The molecule has 0 saturated carbocycles. The van der Waals surface area contributed by atoms with Crippen molar-refractivity contribution in [3.63, 3.8) is 0 Å². The van der Waals surface area contributed by atoms with Crippen molar-refractivity contribution in [2.75, 3.05) is 27.3 Å². The Morgan fingerprint density at radius 3 is 1.72 bits per heavy atom. The summed E-state index contributed by atoms with van der Waals surface area (Å²) in [6.45, 7) is 8.70. The highest BCUT2D eigenvalue weighted by atomic mass is 16.5. The van der Waals surface area contributed by atoms with Crippen molar-refractivity contribution in [1.82, 2.24) is 45.4 Å². The van der Waals surface area contributed by atoms with E-state index in [1.54, 1.807) is 22.2 Å². The Bertz CT molecular complexity index is 2240. The third kappa shape index (κ3) is 7.80. The molecule has 0 radical (unpaired) electrons. The lowest BCUT2D eigenvalue weighted by Gasteiger charge is -2.30. The largest absolute Gasteiger partial charge is 0.453 e. The summed E-state index contributed by atoms with van der Waals surface area (Å²) in [6.07, 6.45) is 6.83. The van der Waals surface area contributed by atoms with Crippen LogP contribution in [0, 0.1) is 11.8 Å². The fourth-order valence-corrected chi connectivity index (χ4v) is 7.91. The van der Waals surface area contributed by atoms with Gasteiger partial charge in [0.05, 0.1) is 50.1 Å². The minimum absolute atomic E-state index is 0.120. The summed E-state index contributed by atoms with van der Waals surface area (Å²) in [6, 6.07) is 10.1. The van der Waals surface area contributed by atoms with Crippen molar-refractivity contribution in [2.45, 2.75) is 77.5 Å². The summed E-state index contributed by atoms with van der Waals surface area (Å²) in [5.41, 5.74) is 6.40.